The summed E-state index contributed by atoms with van der Waals surface area (Å²) in [6.45, 7) is 8.17. The van der Waals surface area contributed by atoms with Crippen LogP contribution in [0.25, 0.3) is 10.9 Å². The van der Waals surface area contributed by atoms with Crippen LogP contribution in [0.15, 0.2) is 48.7 Å². The number of nitrogens with one attached hydrogen (secondary N) is 1. The molecule has 0 bridgehead atoms. The summed E-state index contributed by atoms with van der Waals surface area (Å²) in [4.78, 5) is 15.5. The standard InChI is InChI=1S/C28H37N3O4/c1-4-31-20-26(24-8-5-6-9-27(24)31)25(21-16-22(33-2)18-23(17-21)34-3)19-28(32)29-10-7-11-30-12-14-35-15-13-30/h5-6,8-9,16-18,20,25H,4,7,10-15,19H2,1-3H3,(H,29,32). The van der Waals surface area contributed by atoms with Crippen molar-refractivity contribution in [3.05, 3.63) is 59.8 Å². The van der Waals surface area contributed by atoms with Gasteiger partial charge in [-0.1, -0.05) is 18.2 Å². The van der Waals surface area contributed by atoms with Gasteiger partial charge in [0.1, 0.15) is 11.5 Å². The number of rotatable bonds is 11. The molecule has 1 fully saturated rings. The Bertz CT molecular complexity index is 1100. The smallest absolute Gasteiger partial charge is 0.220 e. The Labute approximate surface area is 208 Å². The summed E-state index contributed by atoms with van der Waals surface area (Å²) in [6.07, 6.45) is 3.47. The molecular weight excluding hydrogens is 442 g/mol. The van der Waals surface area contributed by atoms with E-state index in [1.54, 1.807) is 14.2 Å². The van der Waals surface area contributed by atoms with E-state index in [9.17, 15) is 4.79 Å². The number of ether oxygens (including phenoxy) is 3. The van der Waals surface area contributed by atoms with Crippen molar-refractivity contribution >= 4 is 16.8 Å². The van der Waals surface area contributed by atoms with E-state index < -0.39 is 0 Å². The van der Waals surface area contributed by atoms with E-state index in [2.05, 4.69) is 52.2 Å². The van der Waals surface area contributed by atoms with E-state index >= 15 is 0 Å². The fourth-order valence-corrected chi connectivity index (χ4v) is 4.87. The Hall–Kier alpha value is -3.03. The van der Waals surface area contributed by atoms with Gasteiger partial charge in [0.05, 0.1) is 27.4 Å². The van der Waals surface area contributed by atoms with Gasteiger partial charge in [0.15, 0.2) is 0 Å². The minimum absolute atomic E-state index is 0.0482. The van der Waals surface area contributed by atoms with Crippen LogP contribution in [0.5, 0.6) is 11.5 Å². The van der Waals surface area contributed by atoms with Crippen molar-refractivity contribution < 1.29 is 19.0 Å². The lowest BCUT2D eigenvalue weighted by molar-refractivity contribution is -0.121. The molecule has 7 heteroatoms. The summed E-state index contributed by atoms with van der Waals surface area (Å²) in [7, 11) is 3.30. The van der Waals surface area contributed by atoms with E-state index in [1.807, 2.05) is 18.2 Å². The van der Waals surface area contributed by atoms with Gasteiger partial charge in [0.25, 0.3) is 0 Å². The predicted molar refractivity (Wildman–Crippen MR) is 139 cm³/mol. The van der Waals surface area contributed by atoms with Gasteiger partial charge in [-0.25, -0.2) is 0 Å². The number of para-hydroxylation sites is 1. The molecule has 1 aliphatic heterocycles. The first-order chi connectivity index (χ1) is 17.1. The molecule has 1 amide bonds. The number of amides is 1. The largest absolute Gasteiger partial charge is 0.497 e. The van der Waals surface area contributed by atoms with Crippen LogP contribution in [0.4, 0.5) is 0 Å². The molecule has 35 heavy (non-hydrogen) atoms. The maximum atomic E-state index is 13.2. The lowest BCUT2D eigenvalue weighted by atomic mass is 9.87. The topological polar surface area (TPSA) is 65.0 Å². The summed E-state index contributed by atoms with van der Waals surface area (Å²) in [6, 6.07) is 14.3. The quantitative estimate of drug-likeness (QED) is 0.421. The average molecular weight is 480 g/mol. The Morgan fingerprint density at radius 1 is 1.09 bits per heavy atom. The fraction of sp³-hybridized carbons (Fsp3) is 0.464. The van der Waals surface area contributed by atoms with Crippen molar-refractivity contribution in [1.29, 1.82) is 0 Å². The normalized spacial score (nSPS) is 15.2. The minimum Gasteiger partial charge on any atom is -0.497 e. The van der Waals surface area contributed by atoms with Crippen LogP contribution in [0, 0.1) is 0 Å². The highest BCUT2D eigenvalue weighted by Crippen LogP contribution is 2.37. The van der Waals surface area contributed by atoms with Crippen molar-refractivity contribution in [1.82, 2.24) is 14.8 Å². The highest BCUT2D eigenvalue weighted by Gasteiger charge is 2.24. The number of aromatic nitrogens is 1. The van der Waals surface area contributed by atoms with Crippen molar-refractivity contribution in [2.75, 3.05) is 53.6 Å². The molecular formula is C28H37N3O4. The lowest BCUT2D eigenvalue weighted by Crippen LogP contribution is -2.38. The lowest BCUT2D eigenvalue weighted by Gasteiger charge is -2.26. The van der Waals surface area contributed by atoms with Gasteiger partial charge in [-0.05, 0) is 49.2 Å². The van der Waals surface area contributed by atoms with Gasteiger partial charge >= 0.3 is 0 Å². The number of hydrogen-bond donors (Lipinski definition) is 1. The Kier molecular flexibility index (Phi) is 8.66. The first-order valence-electron chi connectivity index (χ1n) is 12.5. The zero-order chi connectivity index (χ0) is 24.6. The molecule has 0 spiro atoms. The number of fused-ring (bicyclic) bond motifs is 1. The van der Waals surface area contributed by atoms with E-state index in [0.717, 1.165) is 68.4 Å². The number of nitrogens with zero attached hydrogens (tertiary/aromatic N) is 2. The van der Waals surface area contributed by atoms with E-state index in [0.29, 0.717) is 13.0 Å². The Balaban J connectivity index is 1.56. The number of carbonyl (C=O) groups is 1. The van der Waals surface area contributed by atoms with Gasteiger partial charge in [-0.3, -0.25) is 9.69 Å². The third-order valence-corrected chi connectivity index (χ3v) is 6.78. The van der Waals surface area contributed by atoms with Crippen LogP contribution in [0.2, 0.25) is 0 Å². The second-order valence-electron chi connectivity index (χ2n) is 8.95. The van der Waals surface area contributed by atoms with Gasteiger partial charge in [0, 0.05) is 61.7 Å². The molecule has 3 aromatic rings. The van der Waals surface area contributed by atoms with E-state index in [1.165, 1.54) is 10.9 Å². The molecule has 1 saturated heterocycles. The summed E-state index contributed by atoms with van der Waals surface area (Å²) in [5.74, 6) is 1.35. The van der Waals surface area contributed by atoms with Crippen LogP contribution in [0.1, 0.15) is 36.8 Å². The highest BCUT2D eigenvalue weighted by atomic mass is 16.5. The maximum Gasteiger partial charge on any atom is 0.220 e. The van der Waals surface area contributed by atoms with Crippen LogP contribution in [-0.4, -0.2) is 69.0 Å². The number of hydrogen-bond acceptors (Lipinski definition) is 5. The number of benzene rings is 2. The Morgan fingerprint density at radius 3 is 2.49 bits per heavy atom. The first-order valence-corrected chi connectivity index (χ1v) is 12.5. The molecule has 4 rings (SSSR count). The molecule has 2 aromatic carbocycles. The van der Waals surface area contributed by atoms with Crippen molar-refractivity contribution in [3.8, 4) is 11.5 Å². The zero-order valence-electron chi connectivity index (χ0n) is 21.1. The summed E-state index contributed by atoms with van der Waals surface area (Å²) >= 11 is 0. The second-order valence-corrected chi connectivity index (χ2v) is 8.95. The zero-order valence-corrected chi connectivity index (χ0v) is 21.1. The highest BCUT2D eigenvalue weighted by molar-refractivity contribution is 5.86. The SMILES string of the molecule is CCn1cc(C(CC(=O)NCCCN2CCOCC2)c2cc(OC)cc(OC)c2)c2ccccc21. The summed E-state index contributed by atoms with van der Waals surface area (Å²) in [5.41, 5.74) is 3.32. The first kappa shape index (κ1) is 25.1. The number of methoxy groups -OCH3 is 2. The Morgan fingerprint density at radius 2 is 1.80 bits per heavy atom. The van der Waals surface area contributed by atoms with Gasteiger partial charge in [0.2, 0.25) is 5.91 Å². The monoisotopic (exact) mass is 479 g/mol. The minimum atomic E-state index is -0.129. The molecule has 188 valence electrons. The molecule has 1 aromatic heterocycles. The molecule has 0 aliphatic carbocycles. The number of morpholine rings is 1. The van der Waals surface area contributed by atoms with Crippen LogP contribution >= 0.6 is 0 Å². The van der Waals surface area contributed by atoms with Crippen LogP contribution in [-0.2, 0) is 16.1 Å². The van der Waals surface area contributed by atoms with Gasteiger partial charge in [-0.2, -0.15) is 0 Å². The fourth-order valence-electron chi connectivity index (χ4n) is 4.87. The average Bonchev–Trinajstić information content (AvgIpc) is 3.28. The van der Waals surface area contributed by atoms with Crippen molar-refractivity contribution in [3.63, 3.8) is 0 Å². The van der Waals surface area contributed by atoms with Crippen LogP contribution < -0.4 is 14.8 Å². The van der Waals surface area contributed by atoms with Gasteiger partial charge < -0.3 is 24.1 Å². The van der Waals surface area contributed by atoms with Crippen molar-refractivity contribution in [2.45, 2.75) is 32.2 Å². The molecule has 0 radical (unpaired) electrons. The molecule has 2 heterocycles. The van der Waals surface area contributed by atoms with Crippen molar-refractivity contribution in [2.24, 2.45) is 0 Å². The third kappa shape index (κ3) is 6.16. The van der Waals surface area contributed by atoms with E-state index in [-0.39, 0.29) is 11.8 Å². The third-order valence-electron chi connectivity index (χ3n) is 6.78. The van der Waals surface area contributed by atoms with E-state index in [4.69, 9.17) is 14.2 Å². The molecule has 1 atom stereocenters. The maximum absolute atomic E-state index is 13.2. The van der Waals surface area contributed by atoms with Crippen LogP contribution in [0.3, 0.4) is 0 Å². The molecule has 1 N–H and O–H groups in total. The molecule has 0 saturated carbocycles. The van der Waals surface area contributed by atoms with Gasteiger partial charge in [-0.15, -0.1) is 0 Å². The molecule has 1 aliphatic rings. The number of aryl methyl sites for hydroxylation is 1. The molecule has 7 nitrogen and oxygen atoms in total. The number of carbonyl (C=O) groups excluding carboxylic acids is 1. The summed E-state index contributed by atoms with van der Waals surface area (Å²) < 4.78 is 18.7. The molecule has 1 unspecified atom stereocenters. The summed E-state index contributed by atoms with van der Waals surface area (Å²) in [5, 5.41) is 4.32. The predicted octanol–water partition coefficient (Wildman–Crippen LogP) is 4.04. The second kappa shape index (κ2) is 12.1.